The summed E-state index contributed by atoms with van der Waals surface area (Å²) in [5, 5.41) is 14.9. The monoisotopic (exact) mass is 1060 g/mol. The van der Waals surface area contributed by atoms with E-state index in [0.717, 1.165) is 121 Å². The van der Waals surface area contributed by atoms with E-state index in [1.165, 1.54) is 63.9 Å². The lowest BCUT2D eigenvalue weighted by atomic mass is 9.82. The molecule has 0 atom stereocenters. The maximum atomic E-state index is 13.3. The van der Waals surface area contributed by atoms with Crippen LogP contribution in [0.3, 0.4) is 0 Å². The van der Waals surface area contributed by atoms with E-state index >= 15 is 0 Å². The van der Waals surface area contributed by atoms with Gasteiger partial charge in [-0.1, -0.05) is 50.7 Å². The van der Waals surface area contributed by atoms with Crippen LogP contribution in [0.4, 0.5) is 0 Å². The number of carbonyl (C=O) groups excluding carboxylic acids is 3. The molecule has 416 valence electrons. The van der Waals surface area contributed by atoms with Crippen LogP contribution in [0.2, 0.25) is 0 Å². The first-order chi connectivity index (χ1) is 37.3. The maximum Gasteiger partial charge on any atom is 0.337 e. The van der Waals surface area contributed by atoms with Crippen LogP contribution >= 0.6 is 0 Å². The standard InChI is InChI=1S/C30H40N4O4.C25H27NO5.C5H15N3/c1-33(17-15-31)18-16-32-27(35)20-34-26-19-23(30(36)38-3)11-14-25(26)28(21-7-5-4-6-8-21)29(34)22-9-12-24(37-2)13-10-22;1-30-19-11-8-17(9-12-19)24-23(16-6-4-3-5-7-16)20-13-10-18(25(29)31-2)14-21(20)26(24)15-22(27)28;1-8(4-2-6)5-3-7/h9-14,19,21H,4-8,15-18,20,31H2,1-3H3,(H,32,35);8-14,16H,3-7,15H2,1-2H3,(H,27,28);2-7H2,1H3. The van der Waals surface area contributed by atoms with Crippen molar-refractivity contribution in [1.29, 1.82) is 0 Å². The van der Waals surface area contributed by atoms with Crippen LogP contribution in [0.1, 0.15) is 108 Å². The topological polar surface area (TPSA) is 232 Å². The van der Waals surface area contributed by atoms with E-state index in [4.69, 9.17) is 36.1 Å². The Morgan fingerprint density at radius 3 is 1.31 bits per heavy atom. The van der Waals surface area contributed by atoms with Crippen molar-refractivity contribution >= 4 is 45.6 Å². The Kier molecular flexibility index (Phi) is 22.9. The highest BCUT2D eigenvalue weighted by molar-refractivity contribution is 6.01. The number of carboxylic acids is 1. The molecule has 2 aliphatic rings. The number of aromatic nitrogens is 2. The Bertz CT molecular complexity index is 2860. The second kappa shape index (κ2) is 29.7. The van der Waals surface area contributed by atoms with Crippen molar-refractivity contribution in [2.24, 2.45) is 17.2 Å². The lowest BCUT2D eigenvalue weighted by Crippen LogP contribution is -2.36. The summed E-state index contributed by atoms with van der Waals surface area (Å²) in [5.41, 5.74) is 25.0. The van der Waals surface area contributed by atoms with Crippen LogP contribution in [-0.4, -0.2) is 143 Å². The van der Waals surface area contributed by atoms with Crippen molar-refractivity contribution in [2.45, 2.75) is 89.1 Å². The first kappa shape index (κ1) is 59.5. The number of hydrogen-bond donors (Lipinski definition) is 5. The zero-order valence-electron chi connectivity index (χ0n) is 46.1. The Labute approximate surface area is 453 Å². The van der Waals surface area contributed by atoms with Gasteiger partial charge in [0.05, 0.1) is 62.0 Å². The van der Waals surface area contributed by atoms with E-state index in [2.05, 4.69) is 31.8 Å². The van der Waals surface area contributed by atoms with Crippen molar-refractivity contribution in [1.82, 2.24) is 24.3 Å². The van der Waals surface area contributed by atoms with Crippen molar-refractivity contribution in [3.05, 3.63) is 107 Å². The third-order valence-electron chi connectivity index (χ3n) is 14.7. The van der Waals surface area contributed by atoms with Gasteiger partial charge in [-0.15, -0.1) is 0 Å². The molecule has 8 rings (SSSR count). The summed E-state index contributed by atoms with van der Waals surface area (Å²) in [4.78, 5) is 53.9. The summed E-state index contributed by atoms with van der Waals surface area (Å²) in [6.45, 7) is 5.90. The van der Waals surface area contributed by atoms with Gasteiger partial charge in [0.25, 0.3) is 0 Å². The molecule has 0 bridgehead atoms. The number of nitrogens with zero attached hydrogens (tertiary/aromatic N) is 4. The molecule has 17 nitrogen and oxygen atoms in total. The predicted molar refractivity (Wildman–Crippen MR) is 305 cm³/mol. The van der Waals surface area contributed by atoms with Crippen molar-refractivity contribution in [3.63, 3.8) is 0 Å². The lowest BCUT2D eigenvalue weighted by molar-refractivity contribution is -0.137. The van der Waals surface area contributed by atoms with E-state index in [0.29, 0.717) is 36.1 Å². The second-order valence-electron chi connectivity index (χ2n) is 20.0. The molecule has 0 spiro atoms. The first-order valence-corrected chi connectivity index (χ1v) is 27.0. The quantitative estimate of drug-likeness (QED) is 0.0428. The highest BCUT2D eigenvalue weighted by Gasteiger charge is 2.30. The molecule has 2 fully saturated rings. The molecule has 2 saturated carbocycles. The highest BCUT2D eigenvalue weighted by atomic mass is 16.5. The van der Waals surface area contributed by atoms with Crippen molar-refractivity contribution in [3.8, 4) is 34.0 Å². The van der Waals surface area contributed by atoms with Gasteiger partial charge in [0, 0.05) is 63.1 Å². The molecule has 2 heterocycles. The molecule has 4 aromatic carbocycles. The Balaban J connectivity index is 0.000000222. The van der Waals surface area contributed by atoms with Crippen LogP contribution in [0.25, 0.3) is 44.3 Å². The summed E-state index contributed by atoms with van der Waals surface area (Å²) in [6.07, 6.45) is 11.6. The van der Waals surface area contributed by atoms with Crippen LogP contribution in [-0.2, 0) is 32.2 Å². The molecule has 77 heavy (non-hydrogen) atoms. The molecule has 2 aliphatic carbocycles. The molecule has 8 N–H and O–H groups in total. The number of carbonyl (C=O) groups is 4. The smallest absolute Gasteiger partial charge is 0.337 e. The predicted octanol–water partition coefficient (Wildman–Crippen LogP) is 8.23. The van der Waals surface area contributed by atoms with Gasteiger partial charge in [0.1, 0.15) is 24.6 Å². The van der Waals surface area contributed by atoms with Gasteiger partial charge >= 0.3 is 17.9 Å². The van der Waals surface area contributed by atoms with Crippen molar-refractivity contribution in [2.75, 3.05) is 94.9 Å². The van der Waals surface area contributed by atoms with Crippen molar-refractivity contribution < 1.29 is 43.2 Å². The zero-order chi connectivity index (χ0) is 55.4. The number of carboxylic acid groups (broad SMARTS) is 1. The van der Waals surface area contributed by atoms with E-state index < -0.39 is 17.9 Å². The summed E-state index contributed by atoms with van der Waals surface area (Å²) < 4.78 is 24.5. The normalized spacial score (nSPS) is 13.9. The number of likely N-dealkylation sites (N-methyl/N-ethyl adjacent to an activating group) is 2. The van der Waals surface area contributed by atoms with Crippen LogP contribution in [0.5, 0.6) is 11.5 Å². The van der Waals surface area contributed by atoms with Crippen LogP contribution in [0.15, 0.2) is 84.9 Å². The number of esters is 2. The number of fused-ring (bicyclic) bond motifs is 2. The number of aliphatic carboxylic acids is 1. The van der Waals surface area contributed by atoms with Gasteiger partial charge < -0.3 is 65.5 Å². The summed E-state index contributed by atoms with van der Waals surface area (Å²) in [5.74, 6) is 0.447. The lowest BCUT2D eigenvalue weighted by Gasteiger charge is -2.24. The molecule has 0 aliphatic heterocycles. The fourth-order valence-corrected chi connectivity index (χ4v) is 10.9. The van der Waals surface area contributed by atoms with E-state index in [9.17, 15) is 24.3 Å². The number of rotatable bonds is 21. The number of amides is 1. The number of hydrogen-bond acceptors (Lipinski definition) is 13. The van der Waals surface area contributed by atoms with E-state index in [1.54, 1.807) is 26.4 Å². The number of nitrogens with two attached hydrogens (primary N) is 3. The average molecular weight is 1060 g/mol. The van der Waals surface area contributed by atoms with E-state index in [1.807, 2.05) is 79.3 Å². The molecule has 1 amide bonds. The highest BCUT2D eigenvalue weighted by Crippen LogP contribution is 2.46. The fourth-order valence-electron chi connectivity index (χ4n) is 10.9. The molecule has 0 unspecified atom stereocenters. The minimum absolute atomic E-state index is 0.0727. The third kappa shape index (κ3) is 15.5. The Morgan fingerprint density at radius 2 is 0.948 bits per heavy atom. The first-order valence-electron chi connectivity index (χ1n) is 27.0. The zero-order valence-corrected chi connectivity index (χ0v) is 46.1. The number of nitrogens with one attached hydrogen (secondary N) is 1. The molecule has 0 saturated heterocycles. The Morgan fingerprint density at radius 1 is 0.558 bits per heavy atom. The van der Waals surface area contributed by atoms with Gasteiger partial charge in [-0.05, 0) is 147 Å². The number of benzene rings is 4. The molecule has 6 aromatic rings. The molecular formula is C60H82N8O9. The van der Waals surface area contributed by atoms with Gasteiger partial charge in [-0.25, -0.2) is 9.59 Å². The summed E-state index contributed by atoms with van der Waals surface area (Å²) >= 11 is 0. The second-order valence-corrected chi connectivity index (χ2v) is 20.0. The van der Waals surface area contributed by atoms with Crippen LogP contribution < -0.4 is 32.0 Å². The maximum absolute atomic E-state index is 13.3. The van der Waals surface area contributed by atoms with Gasteiger partial charge in [-0.2, -0.15) is 0 Å². The minimum Gasteiger partial charge on any atom is -0.497 e. The van der Waals surface area contributed by atoms with Crippen LogP contribution in [0, 0.1) is 0 Å². The molecule has 2 aromatic heterocycles. The molecule has 0 radical (unpaired) electrons. The van der Waals surface area contributed by atoms with Gasteiger partial charge in [0.15, 0.2) is 0 Å². The average Bonchev–Trinajstić information content (AvgIpc) is 4.18. The molecule has 17 heteroatoms. The van der Waals surface area contributed by atoms with E-state index in [-0.39, 0.29) is 19.0 Å². The number of ether oxygens (including phenoxy) is 4. The molecular weight excluding hydrogens is 977 g/mol. The largest absolute Gasteiger partial charge is 0.497 e. The SMILES string of the molecule is CN(CCN)CCN.COC(=O)c1ccc2c(C3CCCCC3)c(-c3ccc(OC)cc3)n(CC(=O)NCCN(C)CCN)c2c1.COC(=O)c1ccc2c(C3CCCCC3)c(-c3ccc(OC)cc3)n(CC(=O)O)c2c1. The van der Waals surface area contributed by atoms with Gasteiger partial charge in [0.2, 0.25) is 5.91 Å². The van der Waals surface area contributed by atoms with Gasteiger partial charge in [-0.3, -0.25) is 9.59 Å². The fraction of sp³-hybridized carbons (Fsp3) is 0.467. The summed E-state index contributed by atoms with van der Waals surface area (Å²) in [6, 6.07) is 26.9. The number of methoxy groups -OCH3 is 4. The minimum atomic E-state index is -0.926. The third-order valence-corrected chi connectivity index (χ3v) is 14.7. The summed E-state index contributed by atoms with van der Waals surface area (Å²) in [7, 11) is 10.0. The Hall–Kier alpha value is -6.76.